The maximum absolute atomic E-state index is 13.8. The molecule has 0 aliphatic rings. The van der Waals surface area contributed by atoms with Gasteiger partial charge in [-0.25, -0.2) is 8.78 Å². The zero-order chi connectivity index (χ0) is 15.8. The monoisotopic (exact) mass is 348 g/mol. The average molecular weight is 350 g/mol. The van der Waals surface area contributed by atoms with Crippen LogP contribution < -0.4 is 4.74 Å². The van der Waals surface area contributed by atoms with Crippen LogP contribution in [0.1, 0.15) is 13.9 Å². The first-order chi connectivity index (χ1) is 9.77. The van der Waals surface area contributed by atoms with E-state index in [4.69, 9.17) is 14.3 Å². The molecule has 0 bridgehead atoms. The summed E-state index contributed by atoms with van der Waals surface area (Å²) < 4.78 is 49.0. The van der Waals surface area contributed by atoms with Gasteiger partial charge in [-0.05, 0) is 47.8 Å². The van der Waals surface area contributed by atoms with Crippen molar-refractivity contribution < 1.29 is 16.3 Å². The summed E-state index contributed by atoms with van der Waals surface area (Å²) in [4.78, 5) is 0. The molecule has 2 aromatic carbocycles. The van der Waals surface area contributed by atoms with Crippen molar-refractivity contribution in [1.82, 2.24) is 0 Å². The summed E-state index contributed by atoms with van der Waals surface area (Å²) in [6, 6.07) is 6.44. The van der Waals surface area contributed by atoms with Gasteiger partial charge in [0.1, 0.15) is 0 Å². The highest BCUT2D eigenvalue weighted by Gasteiger charge is 2.12. The van der Waals surface area contributed by atoms with Crippen molar-refractivity contribution in [1.29, 1.82) is 0 Å². The molecule has 0 fully saturated rings. The fourth-order valence-corrected chi connectivity index (χ4v) is 2.10. The molecule has 0 atom stereocenters. The van der Waals surface area contributed by atoms with Crippen LogP contribution in [0.15, 0.2) is 34.8 Å². The van der Waals surface area contributed by atoms with Gasteiger partial charge >= 0.3 is 0 Å². The predicted octanol–water partition coefficient (Wildman–Crippen LogP) is 4.98. The van der Waals surface area contributed by atoms with Crippen LogP contribution in [0.5, 0.6) is 5.75 Å². The smallest absolute Gasteiger partial charge is 0.190 e. The second-order valence-corrected chi connectivity index (χ2v) is 5.05. The van der Waals surface area contributed by atoms with Crippen molar-refractivity contribution in [3.05, 3.63) is 62.6 Å². The SMILES string of the molecule is [2H]C([2H])(c1cc(F)c(OC)c(F)c1)c1cc(Br)ccc1Cl. The molecule has 0 saturated carbocycles. The number of hydrogen-bond acceptors (Lipinski definition) is 1. The summed E-state index contributed by atoms with van der Waals surface area (Å²) in [5.74, 6) is -2.49. The van der Waals surface area contributed by atoms with Gasteiger partial charge in [-0.3, -0.25) is 0 Å². The van der Waals surface area contributed by atoms with Gasteiger partial charge < -0.3 is 4.74 Å². The third-order valence-corrected chi connectivity index (χ3v) is 3.23. The van der Waals surface area contributed by atoms with Crippen LogP contribution in [0.2, 0.25) is 5.02 Å². The van der Waals surface area contributed by atoms with Gasteiger partial charge in [0, 0.05) is 12.2 Å². The molecule has 0 radical (unpaired) electrons. The Balaban J connectivity index is 2.61. The zero-order valence-corrected chi connectivity index (χ0v) is 12.1. The standard InChI is InChI=1S/C14H10BrClF2O/c1-19-14-12(17)5-8(6-13(14)18)4-9-7-10(15)2-3-11(9)16/h2-3,5-7H,4H2,1H3/i4D2. The Bertz CT molecular complexity index is 672. The molecule has 0 amide bonds. The van der Waals surface area contributed by atoms with Crippen molar-refractivity contribution in [3.8, 4) is 5.75 Å². The Hall–Kier alpha value is -1.13. The maximum Gasteiger partial charge on any atom is 0.190 e. The second kappa shape index (κ2) is 5.88. The lowest BCUT2D eigenvalue weighted by atomic mass is 10.0. The van der Waals surface area contributed by atoms with Crippen molar-refractivity contribution in [2.45, 2.75) is 6.37 Å². The highest BCUT2D eigenvalue weighted by atomic mass is 79.9. The molecule has 0 spiro atoms. The van der Waals surface area contributed by atoms with E-state index in [-0.39, 0.29) is 16.1 Å². The van der Waals surface area contributed by atoms with Crippen molar-refractivity contribution >= 4 is 27.5 Å². The van der Waals surface area contributed by atoms with Gasteiger partial charge in [0.15, 0.2) is 17.4 Å². The van der Waals surface area contributed by atoms with E-state index in [1.165, 1.54) is 12.1 Å². The molecule has 0 unspecified atom stereocenters. The molecule has 0 heterocycles. The van der Waals surface area contributed by atoms with E-state index in [1.54, 1.807) is 6.07 Å². The quantitative estimate of drug-likeness (QED) is 0.759. The van der Waals surface area contributed by atoms with E-state index < -0.39 is 23.8 Å². The highest BCUT2D eigenvalue weighted by Crippen LogP contribution is 2.27. The van der Waals surface area contributed by atoms with Crippen LogP contribution in [-0.4, -0.2) is 7.11 Å². The van der Waals surface area contributed by atoms with Crippen molar-refractivity contribution in [2.75, 3.05) is 7.11 Å². The highest BCUT2D eigenvalue weighted by molar-refractivity contribution is 9.10. The lowest BCUT2D eigenvalue weighted by molar-refractivity contribution is 0.359. The first-order valence-corrected chi connectivity index (χ1v) is 6.43. The summed E-state index contributed by atoms with van der Waals surface area (Å²) in [7, 11) is 1.14. The maximum atomic E-state index is 13.8. The Morgan fingerprint density at radius 2 is 1.89 bits per heavy atom. The zero-order valence-electron chi connectivity index (χ0n) is 11.8. The van der Waals surface area contributed by atoms with Gasteiger partial charge in [-0.15, -0.1) is 0 Å². The second-order valence-electron chi connectivity index (χ2n) is 3.72. The van der Waals surface area contributed by atoms with Gasteiger partial charge in [0.25, 0.3) is 0 Å². The summed E-state index contributed by atoms with van der Waals surface area (Å²) in [6.07, 6.45) is -2.16. The van der Waals surface area contributed by atoms with Crippen LogP contribution in [0.25, 0.3) is 0 Å². The van der Waals surface area contributed by atoms with Gasteiger partial charge in [0.2, 0.25) is 0 Å². The summed E-state index contributed by atoms with van der Waals surface area (Å²) in [5.41, 5.74) is -0.0687. The molecule has 2 rings (SSSR count). The average Bonchev–Trinajstić information content (AvgIpc) is 2.41. The van der Waals surface area contributed by atoms with E-state index in [2.05, 4.69) is 20.7 Å². The van der Waals surface area contributed by atoms with E-state index in [9.17, 15) is 8.78 Å². The molecular formula is C14H10BrClF2O. The number of halogens is 4. The molecule has 0 aliphatic carbocycles. The minimum absolute atomic E-state index is 0.113. The number of rotatable bonds is 3. The molecule has 5 heteroatoms. The van der Waals surface area contributed by atoms with E-state index >= 15 is 0 Å². The lowest BCUT2D eigenvalue weighted by Gasteiger charge is -2.08. The fourth-order valence-electron chi connectivity index (χ4n) is 1.58. The fraction of sp³-hybridized carbons (Fsp3) is 0.143. The minimum atomic E-state index is -2.16. The largest absolute Gasteiger partial charge is 0.491 e. The summed E-state index contributed by atoms with van der Waals surface area (Å²) in [5, 5.41) is 0.167. The molecular weight excluding hydrogens is 338 g/mol. The molecule has 0 aliphatic heterocycles. The molecule has 19 heavy (non-hydrogen) atoms. The molecule has 1 nitrogen and oxygen atoms in total. The van der Waals surface area contributed by atoms with Crippen LogP contribution in [-0.2, 0) is 6.37 Å². The Kier molecular flexibility index (Phi) is 3.62. The number of hydrogen-bond donors (Lipinski definition) is 0. The number of benzene rings is 2. The predicted molar refractivity (Wildman–Crippen MR) is 74.9 cm³/mol. The van der Waals surface area contributed by atoms with Gasteiger partial charge in [0.05, 0.1) is 7.11 Å². The molecule has 100 valence electrons. The Morgan fingerprint density at radius 1 is 1.26 bits per heavy atom. The Morgan fingerprint density at radius 3 is 2.47 bits per heavy atom. The normalized spacial score (nSPS) is 12.9. The van der Waals surface area contributed by atoms with E-state index in [0.717, 1.165) is 19.2 Å². The lowest BCUT2D eigenvalue weighted by Crippen LogP contribution is -1.97. The van der Waals surface area contributed by atoms with Crippen LogP contribution in [0.3, 0.4) is 0 Å². The molecule has 0 aromatic heterocycles. The first kappa shape index (κ1) is 11.7. The van der Waals surface area contributed by atoms with Crippen LogP contribution in [0, 0.1) is 11.6 Å². The number of ether oxygens (including phenoxy) is 1. The van der Waals surface area contributed by atoms with Crippen LogP contribution >= 0.6 is 27.5 Å². The third-order valence-electron chi connectivity index (χ3n) is 2.41. The molecule has 0 N–H and O–H groups in total. The first-order valence-electron chi connectivity index (χ1n) is 6.26. The molecule has 0 saturated heterocycles. The summed E-state index contributed by atoms with van der Waals surface area (Å²) in [6.45, 7) is 0. The number of methoxy groups -OCH3 is 1. The van der Waals surface area contributed by atoms with Crippen molar-refractivity contribution in [2.24, 2.45) is 0 Å². The van der Waals surface area contributed by atoms with Gasteiger partial charge in [-0.1, -0.05) is 27.5 Å². The van der Waals surface area contributed by atoms with Crippen molar-refractivity contribution in [3.63, 3.8) is 0 Å². The van der Waals surface area contributed by atoms with Gasteiger partial charge in [-0.2, -0.15) is 0 Å². The third kappa shape index (κ3) is 3.25. The minimum Gasteiger partial charge on any atom is -0.491 e. The topological polar surface area (TPSA) is 9.23 Å². The van der Waals surface area contributed by atoms with E-state index in [0.29, 0.717) is 4.47 Å². The van der Waals surface area contributed by atoms with E-state index in [1.807, 2.05) is 0 Å². The Labute approximate surface area is 126 Å². The molecule has 2 aromatic rings. The summed E-state index contributed by atoms with van der Waals surface area (Å²) >= 11 is 9.22. The van der Waals surface area contributed by atoms with Crippen LogP contribution in [0.4, 0.5) is 8.78 Å².